The van der Waals surface area contributed by atoms with Gasteiger partial charge in [0.05, 0.1) is 18.8 Å². The summed E-state index contributed by atoms with van der Waals surface area (Å²) in [4.78, 5) is 4.28. The van der Waals surface area contributed by atoms with Crippen molar-refractivity contribution < 1.29 is 9.84 Å². The number of nitrogens with zero attached hydrogens (tertiary/aromatic N) is 1. The van der Waals surface area contributed by atoms with Crippen LogP contribution in [0.5, 0.6) is 0 Å². The first-order chi connectivity index (χ1) is 9.88. The number of aliphatic hydroxyl groups is 1. The molecule has 2 heterocycles. The molecule has 2 unspecified atom stereocenters. The highest BCUT2D eigenvalue weighted by Gasteiger charge is 2.19. The van der Waals surface area contributed by atoms with Gasteiger partial charge in [-0.3, -0.25) is 4.98 Å². The van der Waals surface area contributed by atoms with Crippen LogP contribution in [-0.2, 0) is 4.74 Å². The first-order valence-corrected chi connectivity index (χ1v) is 7.17. The Labute approximate surface area is 118 Å². The maximum Gasteiger partial charge on any atom is 0.0700 e. The lowest BCUT2D eigenvalue weighted by atomic mass is 10.0. The molecule has 1 fully saturated rings. The van der Waals surface area contributed by atoms with Crippen molar-refractivity contribution in [3.8, 4) is 0 Å². The van der Waals surface area contributed by atoms with Crippen LogP contribution in [0.3, 0.4) is 0 Å². The van der Waals surface area contributed by atoms with Gasteiger partial charge in [-0.15, -0.1) is 0 Å². The maximum atomic E-state index is 9.68. The monoisotopic (exact) mass is 272 g/mol. The smallest absolute Gasteiger partial charge is 0.0700 e. The van der Waals surface area contributed by atoms with Crippen molar-refractivity contribution in [2.24, 2.45) is 0 Å². The van der Waals surface area contributed by atoms with E-state index in [1.165, 1.54) is 0 Å². The first-order valence-electron chi connectivity index (χ1n) is 7.17. The summed E-state index contributed by atoms with van der Waals surface area (Å²) >= 11 is 0. The lowest BCUT2D eigenvalue weighted by Crippen LogP contribution is -2.32. The van der Waals surface area contributed by atoms with Crippen LogP contribution >= 0.6 is 0 Å². The number of rotatable bonds is 5. The number of fused-ring (bicyclic) bond motifs is 1. The molecular formula is C16H20N2O2. The van der Waals surface area contributed by atoms with Crippen LogP contribution in [-0.4, -0.2) is 36.0 Å². The van der Waals surface area contributed by atoms with E-state index in [1.807, 2.05) is 30.6 Å². The Hall–Kier alpha value is -1.49. The molecule has 4 nitrogen and oxygen atoms in total. The number of hydrogen-bond donors (Lipinski definition) is 2. The predicted octanol–water partition coefficient (Wildman–Crippen LogP) is 2.04. The summed E-state index contributed by atoms with van der Waals surface area (Å²) < 4.78 is 5.61. The average molecular weight is 272 g/mol. The van der Waals surface area contributed by atoms with Gasteiger partial charge in [0.2, 0.25) is 0 Å². The highest BCUT2D eigenvalue weighted by molar-refractivity contribution is 5.85. The van der Waals surface area contributed by atoms with Gasteiger partial charge in [-0.05, 0) is 23.8 Å². The molecule has 0 aliphatic carbocycles. The standard InChI is InChI=1S/C16H20N2O2/c19-11-16(18-9-13-5-3-7-20-13)15-10-17-8-12-4-1-2-6-14(12)15/h1-2,4,6,8,10,13,16,18-19H,3,5,7,9,11H2. The van der Waals surface area contributed by atoms with Crippen LogP contribution in [0, 0.1) is 0 Å². The normalized spacial score (nSPS) is 20.4. The molecule has 1 aliphatic heterocycles. The Balaban J connectivity index is 1.79. The Morgan fingerprint density at radius 2 is 2.25 bits per heavy atom. The van der Waals surface area contributed by atoms with Crippen LogP contribution in [0.2, 0.25) is 0 Å². The molecule has 0 saturated carbocycles. The molecule has 2 atom stereocenters. The zero-order valence-electron chi connectivity index (χ0n) is 11.5. The van der Waals surface area contributed by atoms with E-state index in [9.17, 15) is 5.11 Å². The minimum atomic E-state index is -0.0993. The zero-order chi connectivity index (χ0) is 13.8. The number of nitrogens with one attached hydrogen (secondary N) is 1. The van der Waals surface area contributed by atoms with E-state index in [2.05, 4.69) is 16.4 Å². The minimum Gasteiger partial charge on any atom is -0.394 e. The molecule has 1 aromatic carbocycles. The zero-order valence-corrected chi connectivity index (χ0v) is 11.5. The molecule has 0 bridgehead atoms. The van der Waals surface area contributed by atoms with E-state index >= 15 is 0 Å². The van der Waals surface area contributed by atoms with Gasteiger partial charge < -0.3 is 15.2 Å². The second-order valence-electron chi connectivity index (χ2n) is 5.23. The lowest BCUT2D eigenvalue weighted by molar-refractivity contribution is 0.104. The number of ether oxygens (including phenoxy) is 1. The van der Waals surface area contributed by atoms with Crippen LogP contribution < -0.4 is 5.32 Å². The van der Waals surface area contributed by atoms with E-state index in [-0.39, 0.29) is 18.8 Å². The van der Waals surface area contributed by atoms with Crippen LogP contribution in [0.4, 0.5) is 0 Å². The molecule has 1 saturated heterocycles. The molecule has 3 rings (SSSR count). The second-order valence-corrected chi connectivity index (χ2v) is 5.23. The van der Waals surface area contributed by atoms with Crippen molar-refractivity contribution in [2.45, 2.75) is 25.0 Å². The largest absolute Gasteiger partial charge is 0.394 e. The highest BCUT2D eigenvalue weighted by Crippen LogP contribution is 2.23. The third-order valence-corrected chi connectivity index (χ3v) is 3.87. The molecule has 2 aromatic rings. The average Bonchev–Trinajstić information content (AvgIpc) is 3.01. The Kier molecular flexibility index (Phi) is 4.25. The van der Waals surface area contributed by atoms with E-state index in [0.29, 0.717) is 0 Å². The van der Waals surface area contributed by atoms with E-state index < -0.39 is 0 Å². The summed E-state index contributed by atoms with van der Waals surface area (Å²) in [6.07, 6.45) is 6.19. The number of pyridine rings is 1. The van der Waals surface area contributed by atoms with Gasteiger partial charge in [-0.2, -0.15) is 0 Å². The van der Waals surface area contributed by atoms with Gasteiger partial charge in [0.1, 0.15) is 0 Å². The van der Waals surface area contributed by atoms with Crippen molar-refractivity contribution >= 4 is 10.8 Å². The fourth-order valence-corrected chi connectivity index (χ4v) is 2.77. The van der Waals surface area contributed by atoms with Crippen LogP contribution in [0.15, 0.2) is 36.7 Å². The molecule has 0 spiro atoms. The highest BCUT2D eigenvalue weighted by atomic mass is 16.5. The third-order valence-electron chi connectivity index (χ3n) is 3.87. The first kappa shape index (κ1) is 13.5. The Morgan fingerprint density at radius 1 is 1.35 bits per heavy atom. The lowest BCUT2D eigenvalue weighted by Gasteiger charge is -2.20. The van der Waals surface area contributed by atoms with Crippen molar-refractivity contribution in [1.29, 1.82) is 0 Å². The van der Waals surface area contributed by atoms with Crippen molar-refractivity contribution in [1.82, 2.24) is 10.3 Å². The molecular weight excluding hydrogens is 252 g/mol. The summed E-state index contributed by atoms with van der Waals surface area (Å²) in [5, 5.41) is 15.3. The predicted molar refractivity (Wildman–Crippen MR) is 78.5 cm³/mol. The molecule has 0 radical (unpaired) electrons. The van der Waals surface area contributed by atoms with Gasteiger partial charge in [0, 0.05) is 30.9 Å². The number of benzene rings is 1. The van der Waals surface area contributed by atoms with E-state index in [1.54, 1.807) is 0 Å². The fraction of sp³-hybridized carbons (Fsp3) is 0.438. The summed E-state index contributed by atoms with van der Waals surface area (Å²) in [7, 11) is 0. The van der Waals surface area contributed by atoms with Crippen molar-refractivity contribution in [2.75, 3.05) is 19.8 Å². The van der Waals surface area contributed by atoms with Gasteiger partial charge in [-0.25, -0.2) is 0 Å². The van der Waals surface area contributed by atoms with E-state index in [0.717, 1.165) is 42.3 Å². The second kappa shape index (κ2) is 6.31. The molecule has 4 heteroatoms. The number of hydrogen-bond acceptors (Lipinski definition) is 4. The third kappa shape index (κ3) is 2.82. The van der Waals surface area contributed by atoms with Crippen LogP contribution in [0.1, 0.15) is 24.4 Å². The number of aliphatic hydroxyl groups excluding tert-OH is 1. The molecule has 106 valence electrons. The Morgan fingerprint density at radius 3 is 3.05 bits per heavy atom. The van der Waals surface area contributed by atoms with Gasteiger partial charge in [0.15, 0.2) is 0 Å². The van der Waals surface area contributed by atoms with Crippen molar-refractivity contribution in [3.63, 3.8) is 0 Å². The summed E-state index contributed by atoms with van der Waals surface area (Å²) in [6, 6.07) is 8.03. The van der Waals surface area contributed by atoms with Gasteiger partial charge in [0.25, 0.3) is 0 Å². The SMILES string of the molecule is OCC(NCC1CCCO1)c1cncc2ccccc12. The maximum absolute atomic E-state index is 9.68. The minimum absolute atomic E-state index is 0.0579. The summed E-state index contributed by atoms with van der Waals surface area (Å²) in [5.41, 5.74) is 1.04. The van der Waals surface area contributed by atoms with Gasteiger partial charge >= 0.3 is 0 Å². The fourth-order valence-electron chi connectivity index (χ4n) is 2.77. The van der Waals surface area contributed by atoms with Gasteiger partial charge in [-0.1, -0.05) is 24.3 Å². The molecule has 2 N–H and O–H groups in total. The molecule has 0 amide bonds. The van der Waals surface area contributed by atoms with Crippen molar-refractivity contribution in [3.05, 3.63) is 42.2 Å². The summed E-state index contributed by atoms with van der Waals surface area (Å²) in [5.74, 6) is 0. The molecule has 1 aliphatic rings. The van der Waals surface area contributed by atoms with Crippen LogP contribution in [0.25, 0.3) is 10.8 Å². The summed E-state index contributed by atoms with van der Waals surface area (Å²) in [6.45, 7) is 1.68. The Bertz CT molecular complexity index is 562. The molecule has 20 heavy (non-hydrogen) atoms. The topological polar surface area (TPSA) is 54.4 Å². The van der Waals surface area contributed by atoms with E-state index in [4.69, 9.17) is 4.74 Å². The molecule has 1 aromatic heterocycles. The number of aromatic nitrogens is 1. The quantitative estimate of drug-likeness (QED) is 0.874.